The fourth-order valence-electron chi connectivity index (χ4n) is 3.94. The molecule has 2 rings (SSSR count). The molecule has 0 bridgehead atoms. The maximum absolute atomic E-state index is 12.9. The molecule has 1 unspecified atom stereocenters. The van der Waals surface area contributed by atoms with Crippen LogP contribution >= 0.6 is 0 Å². The average Bonchev–Trinajstić information content (AvgIpc) is 2.73. The van der Waals surface area contributed by atoms with E-state index in [0.717, 1.165) is 29.9 Å². The third-order valence-corrected chi connectivity index (χ3v) is 5.35. The molecule has 0 aliphatic carbocycles. The Morgan fingerprint density at radius 1 is 0.971 bits per heavy atom. The zero-order valence-electron chi connectivity index (χ0n) is 21.2. The topological polar surface area (TPSA) is 90.9 Å². The van der Waals surface area contributed by atoms with E-state index in [1.165, 1.54) is 0 Å². The van der Waals surface area contributed by atoms with E-state index in [9.17, 15) is 14.7 Å². The molecule has 186 valence electrons. The van der Waals surface area contributed by atoms with Crippen LogP contribution in [0.15, 0.2) is 42.5 Å². The van der Waals surface area contributed by atoms with Crippen LogP contribution < -0.4 is 15.5 Å². The van der Waals surface area contributed by atoms with Gasteiger partial charge in [-0.05, 0) is 48.6 Å². The molecule has 0 fully saturated rings. The minimum atomic E-state index is -0.890. The molecule has 0 saturated heterocycles. The SMILES string of the molecule is COCC(CC(=O)O)c1ccc(N(CC(C)C)CC(C)C)c(NC(=O)Nc2ccc(C)cc2)c1. The number of ether oxygens (including phenoxy) is 1. The van der Waals surface area contributed by atoms with Gasteiger partial charge < -0.3 is 25.4 Å². The summed E-state index contributed by atoms with van der Waals surface area (Å²) in [6.45, 7) is 12.6. The van der Waals surface area contributed by atoms with Gasteiger partial charge in [0.25, 0.3) is 0 Å². The first-order valence-corrected chi connectivity index (χ1v) is 11.8. The van der Waals surface area contributed by atoms with Crippen LogP contribution in [0.1, 0.15) is 51.2 Å². The monoisotopic (exact) mass is 469 g/mol. The lowest BCUT2D eigenvalue weighted by molar-refractivity contribution is -0.137. The van der Waals surface area contributed by atoms with Gasteiger partial charge in [-0.1, -0.05) is 51.5 Å². The van der Waals surface area contributed by atoms with E-state index in [-0.39, 0.29) is 25.0 Å². The van der Waals surface area contributed by atoms with Gasteiger partial charge in [0.1, 0.15) is 0 Å². The van der Waals surface area contributed by atoms with E-state index in [1.807, 2.05) is 49.4 Å². The highest BCUT2D eigenvalue weighted by Crippen LogP contribution is 2.33. The van der Waals surface area contributed by atoms with E-state index in [0.29, 0.717) is 23.2 Å². The minimum Gasteiger partial charge on any atom is -0.481 e. The number of urea groups is 1. The van der Waals surface area contributed by atoms with Crippen LogP contribution in [0.5, 0.6) is 0 Å². The van der Waals surface area contributed by atoms with Crippen LogP contribution in [0.3, 0.4) is 0 Å². The molecule has 7 heteroatoms. The molecule has 2 aromatic rings. The number of carboxylic acid groups (broad SMARTS) is 1. The Labute approximate surface area is 203 Å². The summed E-state index contributed by atoms with van der Waals surface area (Å²) in [6, 6.07) is 13.0. The highest BCUT2D eigenvalue weighted by atomic mass is 16.5. The summed E-state index contributed by atoms with van der Waals surface area (Å²) < 4.78 is 5.28. The largest absolute Gasteiger partial charge is 0.481 e. The van der Waals surface area contributed by atoms with E-state index < -0.39 is 5.97 Å². The number of carbonyl (C=O) groups excluding carboxylic acids is 1. The van der Waals surface area contributed by atoms with Gasteiger partial charge >= 0.3 is 12.0 Å². The van der Waals surface area contributed by atoms with Crippen molar-refractivity contribution in [3.8, 4) is 0 Å². The van der Waals surface area contributed by atoms with Crippen LogP contribution in [-0.4, -0.2) is 43.9 Å². The number of methoxy groups -OCH3 is 1. The molecule has 1 atom stereocenters. The lowest BCUT2D eigenvalue weighted by Gasteiger charge is -2.31. The van der Waals surface area contributed by atoms with Gasteiger partial charge in [0, 0.05) is 31.8 Å². The van der Waals surface area contributed by atoms with E-state index in [1.54, 1.807) is 7.11 Å². The van der Waals surface area contributed by atoms with Gasteiger partial charge in [-0.3, -0.25) is 4.79 Å². The Balaban J connectivity index is 2.43. The Morgan fingerprint density at radius 2 is 1.59 bits per heavy atom. The van der Waals surface area contributed by atoms with Crippen molar-refractivity contribution in [1.82, 2.24) is 0 Å². The third-order valence-electron chi connectivity index (χ3n) is 5.35. The molecule has 0 aliphatic heterocycles. The molecule has 7 nitrogen and oxygen atoms in total. The number of anilines is 3. The van der Waals surface area contributed by atoms with Crippen LogP contribution in [0, 0.1) is 18.8 Å². The lowest BCUT2D eigenvalue weighted by Crippen LogP contribution is -2.32. The van der Waals surface area contributed by atoms with Gasteiger partial charge in [0.15, 0.2) is 0 Å². The fourth-order valence-corrected chi connectivity index (χ4v) is 3.94. The van der Waals surface area contributed by atoms with Crippen molar-refractivity contribution < 1.29 is 19.4 Å². The van der Waals surface area contributed by atoms with Crippen molar-refractivity contribution in [2.45, 2.75) is 47.0 Å². The normalized spacial score (nSPS) is 12.0. The molecule has 34 heavy (non-hydrogen) atoms. The molecule has 0 saturated carbocycles. The first kappa shape index (κ1) is 27.2. The third kappa shape index (κ3) is 8.71. The molecule has 2 aromatic carbocycles. The first-order chi connectivity index (χ1) is 16.1. The van der Waals surface area contributed by atoms with Crippen LogP contribution in [0.4, 0.5) is 21.9 Å². The summed E-state index contributed by atoms with van der Waals surface area (Å²) in [5.41, 5.74) is 4.19. The van der Waals surface area contributed by atoms with E-state index in [2.05, 4.69) is 43.2 Å². The van der Waals surface area contributed by atoms with Crippen molar-refractivity contribution in [1.29, 1.82) is 0 Å². The number of hydrogen-bond acceptors (Lipinski definition) is 4. The lowest BCUT2D eigenvalue weighted by atomic mass is 9.95. The van der Waals surface area contributed by atoms with Crippen molar-refractivity contribution in [2.75, 3.05) is 42.3 Å². The summed E-state index contributed by atoms with van der Waals surface area (Å²) in [5, 5.41) is 15.3. The summed E-state index contributed by atoms with van der Waals surface area (Å²) >= 11 is 0. The fraction of sp³-hybridized carbons (Fsp3) is 0.481. The van der Waals surface area contributed by atoms with Crippen molar-refractivity contribution in [2.24, 2.45) is 11.8 Å². The summed E-state index contributed by atoms with van der Waals surface area (Å²) in [5.74, 6) is -0.346. The number of carbonyl (C=O) groups is 2. The van der Waals surface area contributed by atoms with Crippen molar-refractivity contribution >= 4 is 29.1 Å². The standard InChI is InChI=1S/C27H39N3O4/c1-18(2)15-30(16-19(3)4)25-12-9-21(22(17-34-6)14-26(31)32)13-24(25)29-27(33)28-23-10-7-20(5)8-11-23/h7-13,18-19,22H,14-17H2,1-6H3,(H,31,32)(H2,28,29,33). The smallest absolute Gasteiger partial charge is 0.323 e. The minimum absolute atomic E-state index is 0.0517. The number of aryl methyl sites for hydroxylation is 1. The molecule has 0 spiro atoms. The molecule has 0 aliphatic rings. The number of nitrogens with one attached hydrogen (secondary N) is 2. The summed E-state index contributed by atoms with van der Waals surface area (Å²) in [6.07, 6.45) is -0.0517. The zero-order valence-corrected chi connectivity index (χ0v) is 21.2. The Hall–Kier alpha value is -3.06. The van der Waals surface area contributed by atoms with Gasteiger partial charge in [0.05, 0.1) is 24.4 Å². The number of nitrogens with zero attached hydrogens (tertiary/aromatic N) is 1. The maximum Gasteiger partial charge on any atom is 0.323 e. The van der Waals surface area contributed by atoms with Gasteiger partial charge in [-0.2, -0.15) is 0 Å². The number of hydrogen-bond donors (Lipinski definition) is 3. The molecule has 0 heterocycles. The molecule has 0 aromatic heterocycles. The van der Waals surface area contributed by atoms with Crippen molar-refractivity contribution in [3.05, 3.63) is 53.6 Å². The molecule has 3 N–H and O–H groups in total. The van der Waals surface area contributed by atoms with E-state index in [4.69, 9.17) is 4.74 Å². The van der Waals surface area contributed by atoms with Crippen LogP contribution in [0.2, 0.25) is 0 Å². The summed E-state index contributed by atoms with van der Waals surface area (Å²) in [4.78, 5) is 26.6. The van der Waals surface area contributed by atoms with Gasteiger partial charge in [0.2, 0.25) is 0 Å². The second-order valence-electron chi connectivity index (χ2n) is 9.66. The molecular weight excluding hydrogens is 430 g/mol. The van der Waals surface area contributed by atoms with Crippen LogP contribution in [0.25, 0.3) is 0 Å². The Kier molecular flexibility index (Phi) is 10.4. The van der Waals surface area contributed by atoms with Crippen molar-refractivity contribution in [3.63, 3.8) is 0 Å². The van der Waals surface area contributed by atoms with Gasteiger partial charge in [-0.25, -0.2) is 4.79 Å². The molecule has 2 amide bonds. The highest BCUT2D eigenvalue weighted by molar-refractivity contribution is 6.02. The molecular formula is C27H39N3O4. The number of benzene rings is 2. The van der Waals surface area contributed by atoms with Gasteiger partial charge in [-0.15, -0.1) is 0 Å². The van der Waals surface area contributed by atoms with E-state index >= 15 is 0 Å². The Morgan fingerprint density at radius 3 is 2.12 bits per heavy atom. The maximum atomic E-state index is 12.9. The average molecular weight is 470 g/mol. The second-order valence-corrected chi connectivity index (χ2v) is 9.66. The quantitative estimate of drug-likeness (QED) is 0.357. The Bertz CT molecular complexity index is 931. The second kappa shape index (κ2) is 13.0. The number of carboxylic acids is 1. The van der Waals surface area contributed by atoms with Crippen LogP contribution in [-0.2, 0) is 9.53 Å². The zero-order chi connectivity index (χ0) is 25.3. The number of amides is 2. The first-order valence-electron chi connectivity index (χ1n) is 11.8. The predicted molar refractivity (Wildman–Crippen MR) is 139 cm³/mol. The number of rotatable bonds is 12. The predicted octanol–water partition coefficient (Wildman–Crippen LogP) is 5.96. The summed E-state index contributed by atoms with van der Waals surface area (Å²) in [7, 11) is 1.56. The molecule has 0 radical (unpaired) electrons. The highest BCUT2D eigenvalue weighted by Gasteiger charge is 2.21. The number of aliphatic carboxylic acids is 1.